The number of piperidine rings is 1. The van der Waals surface area contributed by atoms with Gasteiger partial charge < -0.3 is 15.1 Å². The molecule has 6 nitrogen and oxygen atoms in total. The van der Waals surface area contributed by atoms with Gasteiger partial charge >= 0.3 is 0 Å². The first-order chi connectivity index (χ1) is 10.2. The van der Waals surface area contributed by atoms with E-state index in [1.165, 1.54) is 5.70 Å². The first kappa shape index (κ1) is 12.9. The number of nitrogens with zero attached hydrogens (tertiary/aromatic N) is 3. The molecule has 3 heterocycles. The Morgan fingerprint density at radius 1 is 1.33 bits per heavy atom. The molecule has 1 atom stereocenters. The zero-order valence-electron chi connectivity index (χ0n) is 12.3. The van der Waals surface area contributed by atoms with E-state index >= 15 is 0 Å². The third kappa shape index (κ3) is 1.82. The summed E-state index contributed by atoms with van der Waals surface area (Å²) in [6, 6.07) is 0. The summed E-state index contributed by atoms with van der Waals surface area (Å²) < 4.78 is 0. The number of rotatable bonds is 1. The number of carbonyl (C=O) groups excluding carboxylic acids is 1. The van der Waals surface area contributed by atoms with Crippen molar-refractivity contribution in [3.63, 3.8) is 0 Å². The van der Waals surface area contributed by atoms with E-state index in [0.29, 0.717) is 12.6 Å². The summed E-state index contributed by atoms with van der Waals surface area (Å²) in [7, 11) is 1.91. The molecule has 4 aliphatic rings. The van der Waals surface area contributed by atoms with Gasteiger partial charge in [0.25, 0.3) is 0 Å². The summed E-state index contributed by atoms with van der Waals surface area (Å²) in [6.07, 6.45) is 8.94. The van der Waals surface area contributed by atoms with Gasteiger partial charge in [-0.25, -0.2) is 0 Å². The van der Waals surface area contributed by atoms with Crippen molar-refractivity contribution in [1.82, 2.24) is 20.5 Å². The zero-order valence-corrected chi connectivity index (χ0v) is 12.3. The van der Waals surface area contributed by atoms with Gasteiger partial charge in [0, 0.05) is 37.0 Å². The fourth-order valence-corrected chi connectivity index (χ4v) is 3.94. The number of nitrogens with one attached hydrogen (secondary N) is 2. The fraction of sp³-hybridized carbons (Fsp3) is 0.600. The van der Waals surface area contributed by atoms with Crippen LogP contribution in [-0.4, -0.2) is 54.3 Å². The lowest BCUT2D eigenvalue weighted by Crippen LogP contribution is -2.55. The molecule has 0 bridgehead atoms. The van der Waals surface area contributed by atoms with Crippen molar-refractivity contribution >= 4 is 12.1 Å². The Labute approximate surface area is 124 Å². The lowest BCUT2D eigenvalue weighted by molar-refractivity contribution is -0.133. The van der Waals surface area contributed by atoms with E-state index in [4.69, 9.17) is 0 Å². The molecule has 0 saturated carbocycles. The molecule has 1 unspecified atom stereocenters. The minimum atomic E-state index is -0.333. The Morgan fingerprint density at radius 3 is 2.95 bits per heavy atom. The van der Waals surface area contributed by atoms with Crippen LogP contribution < -0.4 is 10.7 Å². The average molecular weight is 287 g/mol. The molecule has 1 aliphatic carbocycles. The van der Waals surface area contributed by atoms with Crippen LogP contribution in [0.25, 0.3) is 0 Å². The number of allylic oxidation sites excluding steroid dienone is 4. The smallest absolute Gasteiger partial charge is 0.249 e. The normalized spacial score (nSPS) is 30.3. The van der Waals surface area contributed by atoms with Crippen molar-refractivity contribution in [2.75, 3.05) is 26.8 Å². The topological polar surface area (TPSA) is 60.0 Å². The van der Waals surface area contributed by atoms with Gasteiger partial charge in [-0.1, -0.05) is 0 Å². The van der Waals surface area contributed by atoms with Gasteiger partial charge in [-0.15, -0.1) is 0 Å². The van der Waals surface area contributed by atoms with Crippen molar-refractivity contribution < 1.29 is 4.79 Å². The molecule has 2 fully saturated rings. The molecule has 6 heteroatoms. The molecule has 2 saturated heterocycles. The van der Waals surface area contributed by atoms with Gasteiger partial charge in [0.2, 0.25) is 5.91 Å². The second-order valence-corrected chi connectivity index (χ2v) is 6.33. The lowest BCUT2D eigenvalue weighted by Gasteiger charge is -2.42. The van der Waals surface area contributed by atoms with Gasteiger partial charge in [0.1, 0.15) is 5.54 Å². The monoisotopic (exact) mass is 287 g/mol. The maximum atomic E-state index is 12.7. The van der Waals surface area contributed by atoms with E-state index in [1.54, 1.807) is 0 Å². The van der Waals surface area contributed by atoms with Crippen LogP contribution in [0.2, 0.25) is 0 Å². The van der Waals surface area contributed by atoms with Gasteiger partial charge in [-0.3, -0.25) is 10.2 Å². The van der Waals surface area contributed by atoms with E-state index in [-0.39, 0.29) is 11.4 Å². The molecular weight excluding hydrogens is 266 g/mol. The molecule has 0 aromatic carbocycles. The van der Waals surface area contributed by atoms with E-state index in [9.17, 15) is 4.79 Å². The maximum Gasteiger partial charge on any atom is 0.249 e. The highest BCUT2D eigenvalue weighted by atomic mass is 16.2. The van der Waals surface area contributed by atoms with Crippen LogP contribution in [0.3, 0.4) is 0 Å². The molecule has 0 radical (unpaired) electrons. The molecule has 112 valence electrons. The number of amides is 1. The summed E-state index contributed by atoms with van der Waals surface area (Å²) in [5.41, 5.74) is 5.13. The summed E-state index contributed by atoms with van der Waals surface area (Å²) in [5.74, 6) is 0.614. The minimum absolute atomic E-state index is 0.276. The minimum Gasteiger partial charge on any atom is -0.342 e. The third-order valence-corrected chi connectivity index (χ3v) is 5.12. The average Bonchev–Trinajstić information content (AvgIpc) is 3.07. The van der Waals surface area contributed by atoms with Crippen molar-refractivity contribution in [3.05, 3.63) is 23.5 Å². The SMILES string of the molecule is CN1CN(C2=CC=C3NN=CC3C2)C2(CCNCC2)C1=O. The highest BCUT2D eigenvalue weighted by Gasteiger charge is 2.52. The summed E-state index contributed by atoms with van der Waals surface area (Å²) in [4.78, 5) is 16.9. The number of fused-ring (bicyclic) bond motifs is 1. The Morgan fingerprint density at radius 2 is 2.14 bits per heavy atom. The second-order valence-electron chi connectivity index (χ2n) is 6.33. The van der Waals surface area contributed by atoms with Gasteiger partial charge in [0.05, 0.1) is 6.67 Å². The van der Waals surface area contributed by atoms with Crippen LogP contribution in [-0.2, 0) is 4.79 Å². The predicted molar refractivity (Wildman–Crippen MR) is 80.2 cm³/mol. The third-order valence-electron chi connectivity index (χ3n) is 5.12. The summed E-state index contributed by atoms with van der Waals surface area (Å²) in [5, 5.41) is 7.51. The molecule has 4 rings (SSSR count). The van der Waals surface area contributed by atoms with Crippen LogP contribution in [0.4, 0.5) is 0 Å². The molecule has 21 heavy (non-hydrogen) atoms. The second kappa shape index (κ2) is 4.59. The van der Waals surface area contributed by atoms with E-state index in [1.807, 2.05) is 18.2 Å². The maximum absolute atomic E-state index is 12.7. The van der Waals surface area contributed by atoms with Gasteiger partial charge in [0.15, 0.2) is 0 Å². The first-order valence-corrected chi connectivity index (χ1v) is 7.65. The van der Waals surface area contributed by atoms with Crippen molar-refractivity contribution in [2.45, 2.75) is 24.8 Å². The van der Waals surface area contributed by atoms with Gasteiger partial charge in [-0.2, -0.15) is 5.10 Å². The molecule has 1 spiro atoms. The highest BCUT2D eigenvalue weighted by molar-refractivity contribution is 5.88. The van der Waals surface area contributed by atoms with Crippen LogP contribution in [0.1, 0.15) is 19.3 Å². The van der Waals surface area contributed by atoms with E-state index < -0.39 is 0 Å². The molecule has 2 N–H and O–H groups in total. The Kier molecular flexibility index (Phi) is 2.82. The van der Waals surface area contributed by atoms with Crippen LogP contribution in [0.5, 0.6) is 0 Å². The van der Waals surface area contributed by atoms with Crippen molar-refractivity contribution in [3.8, 4) is 0 Å². The van der Waals surface area contributed by atoms with E-state index in [2.05, 4.69) is 32.9 Å². The number of hydrazone groups is 1. The number of likely N-dealkylation sites (N-methyl/N-ethyl adjacent to an activating group) is 1. The molecular formula is C15H21N5O. The number of hydrogen-bond acceptors (Lipinski definition) is 5. The van der Waals surface area contributed by atoms with Crippen molar-refractivity contribution in [1.29, 1.82) is 0 Å². The Balaban J connectivity index is 1.67. The standard InChI is InChI=1S/C15H21N5O/c1-19-10-20(15(14(19)21)4-6-16-7-5-15)12-2-3-13-11(8-12)9-17-18-13/h2-3,9,11,16,18H,4-8,10H2,1H3. The molecule has 1 amide bonds. The summed E-state index contributed by atoms with van der Waals surface area (Å²) in [6.45, 7) is 2.53. The van der Waals surface area contributed by atoms with Crippen LogP contribution in [0.15, 0.2) is 28.6 Å². The fourth-order valence-electron chi connectivity index (χ4n) is 3.94. The predicted octanol–water partition coefficient (Wildman–Crippen LogP) is 0.217. The highest BCUT2D eigenvalue weighted by Crippen LogP contribution is 2.39. The first-order valence-electron chi connectivity index (χ1n) is 7.65. The van der Waals surface area contributed by atoms with Crippen LogP contribution >= 0.6 is 0 Å². The Hall–Kier alpha value is -1.82. The van der Waals surface area contributed by atoms with Gasteiger partial charge in [-0.05, 0) is 38.1 Å². The quantitative estimate of drug-likeness (QED) is 0.724. The number of carbonyl (C=O) groups is 1. The Bertz CT molecular complexity index is 558. The van der Waals surface area contributed by atoms with Crippen molar-refractivity contribution in [2.24, 2.45) is 11.0 Å². The summed E-state index contributed by atoms with van der Waals surface area (Å²) >= 11 is 0. The molecule has 0 aromatic heterocycles. The molecule has 3 aliphatic heterocycles. The lowest BCUT2D eigenvalue weighted by atomic mass is 9.85. The van der Waals surface area contributed by atoms with E-state index in [0.717, 1.165) is 38.0 Å². The largest absolute Gasteiger partial charge is 0.342 e. The van der Waals surface area contributed by atoms with Crippen LogP contribution in [0, 0.1) is 5.92 Å². The molecule has 0 aromatic rings. The zero-order chi connectivity index (χ0) is 14.4. The number of hydrogen-bond donors (Lipinski definition) is 2.